The van der Waals surface area contributed by atoms with Gasteiger partial charge in [0.15, 0.2) is 5.78 Å². The number of hydrogen-bond acceptors (Lipinski definition) is 4. The van der Waals surface area contributed by atoms with Crippen molar-refractivity contribution in [2.45, 2.75) is 63.9 Å². The molecule has 1 saturated carbocycles. The monoisotopic (exact) mass is 294 g/mol. The Morgan fingerprint density at radius 3 is 2.67 bits per heavy atom. The molecule has 1 aliphatic carbocycles. The molecule has 0 amide bonds. The highest BCUT2D eigenvalue weighted by Crippen LogP contribution is 2.59. The SMILES string of the molecule is CO[C@@H]1C(=O)[C@H](C)C[C@]2(CO2)[C@H]1C1(C)O[C@@H]1CC=C(C)C. The summed E-state index contributed by atoms with van der Waals surface area (Å²) in [5, 5.41) is 0. The minimum absolute atomic E-state index is 0.00674. The van der Waals surface area contributed by atoms with Crippen LogP contribution in [0.3, 0.4) is 0 Å². The maximum absolute atomic E-state index is 12.5. The van der Waals surface area contributed by atoms with Crippen molar-refractivity contribution in [2.75, 3.05) is 13.7 Å². The molecular weight excluding hydrogens is 268 g/mol. The smallest absolute Gasteiger partial charge is 0.164 e. The molecule has 118 valence electrons. The molecule has 0 aromatic rings. The van der Waals surface area contributed by atoms with Crippen molar-refractivity contribution in [2.24, 2.45) is 11.8 Å². The van der Waals surface area contributed by atoms with Crippen LogP contribution in [0.4, 0.5) is 0 Å². The van der Waals surface area contributed by atoms with Crippen LogP contribution in [-0.4, -0.2) is 42.9 Å². The molecule has 3 rings (SSSR count). The van der Waals surface area contributed by atoms with Gasteiger partial charge in [0.1, 0.15) is 17.3 Å². The fourth-order valence-corrected chi connectivity index (χ4v) is 4.10. The van der Waals surface area contributed by atoms with Crippen LogP contribution in [0.25, 0.3) is 0 Å². The first-order chi connectivity index (χ1) is 9.84. The fraction of sp³-hybridized carbons (Fsp3) is 0.824. The molecule has 0 radical (unpaired) electrons. The standard InChI is InChI=1S/C17H26O4/c1-10(2)6-7-12-16(4,21-12)15-14(19-5)13(18)11(3)8-17(15)9-20-17/h6,11-12,14-15H,7-9H2,1-5H3/t11-,12-,14-,15-,16?,17+/m1/s1. The Hall–Kier alpha value is -0.710. The van der Waals surface area contributed by atoms with Crippen LogP contribution in [0.1, 0.15) is 40.5 Å². The van der Waals surface area contributed by atoms with E-state index in [1.54, 1.807) is 7.11 Å². The molecule has 2 aliphatic heterocycles. The van der Waals surface area contributed by atoms with Crippen molar-refractivity contribution >= 4 is 5.78 Å². The molecule has 0 N–H and O–H groups in total. The third-order valence-electron chi connectivity index (χ3n) is 5.39. The van der Waals surface area contributed by atoms with Crippen LogP contribution in [0.15, 0.2) is 11.6 Å². The molecule has 3 aliphatic rings. The van der Waals surface area contributed by atoms with E-state index < -0.39 is 6.10 Å². The summed E-state index contributed by atoms with van der Waals surface area (Å²) in [7, 11) is 1.63. The van der Waals surface area contributed by atoms with Gasteiger partial charge >= 0.3 is 0 Å². The van der Waals surface area contributed by atoms with Crippen LogP contribution < -0.4 is 0 Å². The molecule has 0 bridgehead atoms. The second kappa shape index (κ2) is 4.90. The number of hydrogen-bond donors (Lipinski definition) is 0. The number of rotatable bonds is 4. The zero-order chi connectivity index (χ0) is 15.4. The van der Waals surface area contributed by atoms with Crippen LogP contribution in [-0.2, 0) is 19.0 Å². The van der Waals surface area contributed by atoms with Gasteiger partial charge in [-0.3, -0.25) is 4.79 Å². The summed E-state index contributed by atoms with van der Waals surface area (Å²) in [6, 6.07) is 0. The van der Waals surface area contributed by atoms with E-state index in [0.717, 1.165) is 19.4 Å². The van der Waals surface area contributed by atoms with E-state index in [0.29, 0.717) is 0 Å². The zero-order valence-corrected chi connectivity index (χ0v) is 13.6. The predicted octanol–water partition coefficient (Wildman–Crippen LogP) is 2.51. The molecule has 21 heavy (non-hydrogen) atoms. The molecule has 0 aromatic heterocycles. The van der Waals surface area contributed by atoms with E-state index in [9.17, 15) is 4.79 Å². The van der Waals surface area contributed by atoms with Gasteiger partial charge in [-0.05, 0) is 33.6 Å². The van der Waals surface area contributed by atoms with E-state index in [-0.39, 0.29) is 34.9 Å². The molecule has 1 spiro atoms. The highest BCUT2D eigenvalue weighted by atomic mass is 16.6. The quantitative estimate of drug-likeness (QED) is 0.590. The summed E-state index contributed by atoms with van der Waals surface area (Å²) in [6.45, 7) is 9.00. The molecule has 4 nitrogen and oxygen atoms in total. The molecule has 0 aromatic carbocycles. The Bertz CT molecular complexity index is 475. The van der Waals surface area contributed by atoms with Gasteiger partial charge in [-0.25, -0.2) is 0 Å². The van der Waals surface area contributed by atoms with Crippen molar-refractivity contribution in [3.8, 4) is 0 Å². The molecule has 3 fully saturated rings. The second-order valence-corrected chi connectivity index (χ2v) is 7.30. The van der Waals surface area contributed by atoms with Gasteiger partial charge in [-0.15, -0.1) is 0 Å². The van der Waals surface area contributed by atoms with E-state index in [2.05, 4.69) is 26.8 Å². The lowest BCUT2D eigenvalue weighted by atomic mass is 9.66. The number of ketones is 1. The van der Waals surface area contributed by atoms with Gasteiger partial charge in [0.2, 0.25) is 0 Å². The van der Waals surface area contributed by atoms with E-state index in [1.165, 1.54) is 5.57 Å². The third-order valence-corrected chi connectivity index (χ3v) is 5.39. The number of Topliss-reactive ketones (excluding diaryl/α,β-unsaturated/α-hetero) is 1. The summed E-state index contributed by atoms with van der Waals surface area (Å²) in [6.07, 6.45) is 3.65. The summed E-state index contributed by atoms with van der Waals surface area (Å²) in [5.74, 6) is 0.211. The van der Waals surface area contributed by atoms with Gasteiger partial charge in [0.25, 0.3) is 0 Å². The molecule has 2 saturated heterocycles. The fourth-order valence-electron chi connectivity index (χ4n) is 4.10. The topological polar surface area (TPSA) is 51.4 Å². The number of carbonyl (C=O) groups is 1. The molecule has 1 unspecified atom stereocenters. The van der Waals surface area contributed by atoms with Gasteiger partial charge in [-0.2, -0.15) is 0 Å². The maximum atomic E-state index is 12.5. The first-order valence-electron chi connectivity index (χ1n) is 7.86. The van der Waals surface area contributed by atoms with E-state index in [1.807, 2.05) is 6.92 Å². The third kappa shape index (κ3) is 2.37. The molecule has 4 heteroatoms. The summed E-state index contributed by atoms with van der Waals surface area (Å²) in [5.41, 5.74) is 0.781. The number of epoxide rings is 2. The van der Waals surface area contributed by atoms with Crippen LogP contribution >= 0.6 is 0 Å². The van der Waals surface area contributed by atoms with Crippen molar-refractivity contribution in [1.82, 2.24) is 0 Å². The zero-order valence-electron chi connectivity index (χ0n) is 13.6. The molecule has 6 atom stereocenters. The largest absolute Gasteiger partial charge is 0.373 e. The number of methoxy groups -OCH3 is 1. The average Bonchev–Trinajstić information content (AvgIpc) is 3.31. The van der Waals surface area contributed by atoms with Crippen molar-refractivity contribution in [3.63, 3.8) is 0 Å². The normalized spacial score (nSPS) is 48.3. The van der Waals surface area contributed by atoms with Crippen LogP contribution in [0.2, 0.25) is 0 Å². The van der Waals surface area contributed by atoms with Crippen LogP contribution in [0, 0.1) is 11.8 Å². The lowest BCUT2D eigenvalue weighted by molar-refractivity contribution is -0.148. The van der Waals surface area contributed by atoms with Gasteiger partial charge in [-0.1, -0.05) is 18.6 Å². The highest BCUT2D eigenvalue weighted by Gasteiger charge is 2.72. The van der Waals surface area contributed by atoms with Crippen molar-refractivity contribution < 1.29 is 19.0 Å². The first-order valence-corrected chi connectivity index (χ1v) is 7.86. The highest BCUT2D eigenvalue weighted by molar-refractivity contribution is 5.87. The average molecular weight is 294 g/mol. The van der Waals surface area contributed by atoms with Gasteiger partial charge < -0.3 is 14.2 Å². The lowest BCUT2D eigenvalue weighted by Gasteiger charge is -2.40. The minimum Gasteiger partial charge on any atom is -0.373 e. The van der Waals surface area contributed by atoms with Crippen LogP contribution in [0.5, 0.6) is 0 Å². The molecular formula is C17H26O4. The Kier molecular flexibility index (Phi) is 3.55. The number of carbonyl (C=O) groups excluding carboxylic acids is 1. The summed E-state index contributed by atoms with van der Waals surface area (Å²) < 4.78 is 17.4. The summed E-state index contributed by atoms with van der Waals surface area (Å²) >= 11 is 0. The minimum atomic E-state index is -0.405. The van der Waals surface area contributed by atoms with Crippen molar-refractivity contribution in [3.05, 3.63) is 11.6 Å². The van der Waals surface area contributed by atoms with E-state index in [4.69, 9.17) is 14.2 Å². The summed E-state index contributed by atoms with van der Waals surface area (Å²) in [4.78, 5) is 12.5. The van der Waals surface area contributed by atoms with Gasteiger partial charge in [0.05, 0.1) is 18.6 Å². The van der Waals surface area contributed by atoms with E-state index >= 15 is 0 Å². The second-order valence-electron chi connectivity index (χ2n) is 7.30. The molecule has 2 heterocycles. The predicted molar refractivity (Wildman–Crippen MR) is 79.1 cm³/mol. The Balaban J connectivity index is 1.82. The van der Waals surface area contributed by atoms with Gasteiger partial charge in [0, 0.05) is 13.0 Å². The number of allylic oxidation sites excluding steroid dienone is 1. The van der Waals surface area contributed by atoms with Crippen molar-refractivity contribution in [1.29, 1.82) is 0 Å². The number of ether oxygens (including phenoxy) is 3. The lowest BCUT2D eigenvalue weighted by Crippen LogP contribution is -2.55. The Morgan fingerprint density at radius 2 is 2.14 bits per heavy atom. The maximum Gasteiger partial charge on any atom is 0.164 e. The Morgan fingerprint density at radius 1 is 1.48 bits per heavy atom. The Labute approximate surface area is 126 Å². The first kappa shape index (κ1) is 15.2.